The van der Waals surface area contributed by atoms with Gasteiger partial charge < -0.3 is 15.8 Å². The maximum atomic E-state index is 11.1. The van der Waals surface area contributed by atoms with Crippen LogP contribution in [0.15, 0.2) is 0 Å². The number of carbonyl (C=O) groups excluding carboxylic acids is 1. The first-order valence-corrected chi connectivity index (χ1v) is 4.53. The van der Waals surface area contributed by atoms with Crippen LogP contribution in [0.1, 0.15) is 34.1 Å². The fourth-order valence-corrected chi connectivity index (χ4v) is 0.716. The van der Waals surface area contributed by atoms with E-state index in [9.17, 15) is 4.79 Å². The molecule has 0 aliphatic carbocycles. The maximum absolute atomic E-state index is 11.1. The number of hydrogen-bond acceptors (Lipinski definition) is 3. The Morgan fingerprint density at radius 1 is 1.54 bits per heavy atom. The maximum Gasteiger partial charge on any atom is 0.407 e. The van der Waals surface area contributed by atoms with E-state index in [0.717, 1.165) is 6.42 Å². The molecule has 78 valence electrons. The van der Waals surface area contributed by atoms with Gasteiger partial charge in [-0.1, -0.05) is 0 Å². The van der Waals surface area contributed by atoms with E-state index in [1.807, 2.05) is 27.7 Å². The predicted molar refractivity (Wildman–Crippen MR) is 52.5 cm³/mol. The molecule has 1 atom stereocenters. The Bertz CT molecular complexity index is 161. The lowest BCUT2D eigenvalue weighted by atomic mass is 10.2. The van der Waals surface area contributed by atoms with Crippen LogP contribution in [0, 0.1) is 0 Å². The van der Waals surface area contributed by atoms with Crippen LogP contribution in [0.4, 0.5) is 4.79 Å². The lowest BCUT2D eigenvalue weighted by Crippen LogP contribution is -2.34. The van der Waals surface area contributed by atoms with Gasteiger partial charge in [0, 0.05) is 12.6 Å². The summed E-state index contributed by atoms with van der Waals surface area (Å²) < 4.78 is 5.03. The molecule has 4 heteroatoms. The van der Waals surface area contributed by atoms with Crippen LogP contribution in [0.3, 0.4) is 0 Å². The van der Waals surface area contributed by atoms with Gasteiger partial charge in [-0.3, -0.25) is 0 Å². The van der Waals surface area contributed by atoms with Crippen molar-refractivity contribution in [1.82, 2.24) is 5.32 Å². The SMILES string of the molecule is C[C@@H](N)CCNC(=O)OC(C)(C)C. The molecule has 0 fully saturated rings. The van der Waals surface area contributed by atoms with Crippen molar-refractivity contribution in [3.05, 3.63) is 0 Å². The van der Waals surface area contributed by atoms with Crippen LogP contribution in [-0.2, 0) is 4.74 Å². The molecular formula is C9H20N2O2. The quantitative estimate of drug-likeness (QED) is 0.700. The Morgan fingerprint density at radius 3 is 2.46 bits per heavy atom. The summed E-state index contributed by atoms with van der Waals surface area (Å²) in [5.74, 6) is 0. The number of amides is 1. The molecule has 0 spiro atoms. The summed E-state index contributed by atoms with van der Waals surface area (Å²) in [7, 11) is 0. The van der Waals surface area contributed by atoms with E-state index in [1.165, 1.54) is 0 Å². The largest absolute Gasteiger partial charge is 0.444 e. The molecule has 0 aromatic rings. The van der Waals surface area contributed by atoms with Crippen molar-refractivity contribution in [1.29, 1.82) is 0 Å². The molecule has 0 bridgehead atoms. The zero-order valence-corrected chi connectivity index (χ0v) is 8.89. The minimum absolute atomic E-state index is 0.106. The predicted octanol–water partition coefficient (Wildman–Crippen LogP) is 1.25. The van der Waals surface area contributed by atoms with Gasteiger partial charge in [0.15, 0.2) is 0 Å². The Morgan fingerprint density at radius 2 is 2.08 bits per heavy atom. The summed E-state index contributed by atoms with van der Waals surface area (Å²) in [4.78, 5) is 11.1. The highest BCUT2D eigenvalue weighted by atomic mass is 16.6. The summed E-state index contributed by atoms with van der Waals surface area (Å²) >= 11 is 0. The lowest BCUT2D eigenvalue weighted by Gasteiger charge is -2.19. The first-order chi connectivity index (χ1) is 5.81. The number of carbonyl (C=O) groups is 1. The fourth-order valence-electron chi connectivity index (χ4n) is 0.716. The van der Waals surface area contributed by atoms with E-state index >= 15 is 0 Å². The highest BCUT2D eigenvalue weighted by Gasteiger charge is 2.15. The third-order valence-electron chi connectivity index (χ3n) is 1.27. The Kier molecular flexibility index (Phi) is 4.77. The summed E-state index contributed by atoms with van der Waals surface area (Å²) in [6.45, 7) is 7.96. The Balaban J connectivity index is 3.53. The molecule has 0 unspecified atom stereocenters. The van der Waals surface area contributed by atoms with Gasteiger partial charge in [0.2, 0.25) is 0 Å². The molecule has 0 saturated heterocycles. The molecule has 0 aliphatic heterocycles. The van der Waals surface area contributed by atoms with Crippen molar-refractivity contribution in [2.75, 3.05) is 6.54 Å². The minimum Gasteiger partial charge on any atom is -0.444 e. The van der Waals surface area contributed by atoms with Gasteiger partial charge in [0.1, 0.15) is 5.60 Å². The highest BCUT2D eigenvalue weighted by molar-refractivity contribution is 5.67. The van der Waals surface area contributed by atoms with Gasteiger partial charge in [-0.15, -0.1) is 0 Å². The average Bonchev–Trinajstić information content (AvgIpc) is 1.81. The van der Waals surface area contributed by atoms with E-state index in [0.29, 0.717) is 6.54 Å². The van der Waals surface area contributed by atoms with E-state index < -0.39 is 5.60 Å². The second kappa shape index (κ2) is 5.07. The number of nitrogens with two attached hydrogens (primary N) is 1. The topological polar surface area (TPSA) is 64.3 Å². The van der Waals surface area contributed by atoms with Crippen molar-refractivity contribution in [2.45, 2.75) is 45.8 Å². The summed E-state index contributed by atoms with van der Waals surface area (Å²) in [5.41, 5.74) is 5.08. The number of rotatable bonds is 3. The molecule has 0 aromatic carbocycles. The van der Waals surface area contributed by atoms with Crippen molar-refractivity contribution < 1.29 is 9.53 Å². The second-order valence-electron chi connectivity index (χ2n) is 4.19. The molecule has 0 aliphatic rings. The van der Waals surface area contributed by atoms with Crippen molar-refractivity contribution in [3.63, 3.8) is 0 Å². The Labute approximate surface area is 79.8 Å². The molecule has 0 rings (SSSR count). The fraction of sp³-hybridized carbons (Fsp3) is 0.889. The molecular weight excluding hydrogens is 168 g/mol. The summed E-state index contributed by atoms with van der Waals surface area (Å²) in [5, 5.41) is 2.63. The third kappa shape index (κ3) is 9.14. The van der Waals surface area contributed by atoms with Crippen LogP contribution in [-0.4, -0.2) is 24.3 Å². The van der Waals surface area contributed by atoms with E-state index in [-0.39, 0.29) is 12.1 Å². The molecule has 0 saturated carbocycles. The smallest absolute Gasteiger partial charge is 0.407 e. The van der Waals surface area contributed by atoms with E-state index in [4.69, 9.17) is 10.5 Å². The van der Waals surface area contributed by atoms with Gasteiger partial charge in [0.05, 0.1) is 0 Å². The normalized spacial score (nSPS) is 13.6. The molecule has 1 amide bonds. The number of alkyl carbamates (subject to hydrolysis) is 1. The number of hydrogen-bond donors (Lipinski definition) is 2. The zero-order valence-electron chi connectivity index (χ0n) is 8.89. The van der Waals surface area contributed by atoms with Gasteiger partial charge in [-0.25, -0.2) is 4.79 Å². The van der Waals surface area contributed by atoms with Crippen LogP contribution in [0.25, 0.3) is 0 Å². The molecule has 4 nitrogen and oxygen atoms in total. The first kappa shape index (κ1) is 12.2. The van der Waals surface area contributed by atoms with Gasteiger partial charge in [-0.2, -0.15) is 0 Å². The first-order valence-electron chi connectivity index (χ1n) is 4.53. The van der Waals surface area contributed by atoms with Crippen LogP contribution >= 0.6 is 0 Å². The standard InChI is InChI=1S/C9H20N2O2/c1-7(10)5-6-11-8(12)13-9(2,3)4/h7H,5-6,10H2,1-4H3,(H,11,12)/t7-/m1/s1. The average molecular weight is 188 g/mol. The Hall–Kier alpha value is -0.770. The third-order valence-corrected chi connectivity index (χ3v) is 1.27. The van der Waals surface area contributed by atoms with Gasteiger partial charge >= 0.3 is 6.09 Å². The highest BCUT2D eigenvalue weighted by Crippen LogP contribution is 2.06. The second-order valence-corrected chi connectivity index (χ2v) is 4.19. The van der Waals surface area contributed by atoms with Gasteiger partial charge in [0.25, 0.3) is 0 Å². The summed E-state index contributed by atoms with van der Waals surface area (Å²) in [6.07, 6.45) is 0.382. The molecule has 3 N–H and O–H groups in total. The van der Waals surface area contributed by atoms with Crippen molar-refractivity contribution in [2.24, 2.45) is 5.73 Å². The van der Waals surface area contributed by atoms with E-state index in [1.54, 1.807) is 0 Å². The zero-order chi connectivity index (χ0) is 10.5. The molecule has 0 aromatic heterocycles. The minimum atomic E-state index is -0.432. The molecule has 0 radical (unpaired) electrons. The molecule has 0 heterocycles. The summed E-state index contributed by atoms with van der Waals surface area (Å²) in [6, 6.07) is 0.106. The van der Waals surface area contributed by atoms with Crippen LogP contribution in [0.5, 0.6) is 0 Å². The number of nitrogens with one attached hydrogen (secondary N) is 1. The number of ether oxygens (including phenoxy) is 1. The lowest BCUT2D eigenvalue weighted by molar-refractivity contribution is 0.0527. The van der Waals surface area contributed by atoms with Crippen LogP contribution < -0.4 is 11.1 Å². The van der Waals surface area contributed by atoms with Gasteiger partial charge in [-0.05, 0) is 34.1 Å². The van der Waals surface area contributed by atoms with Crippen LogP contribution in [0.2, 0.25) is 0 Å². The van der Waals surface area contributed by atoms with Crippen molar-refractivity contribution in [3.8, 4) is 0 Å². The van der Waals surface area contributed by atoms with Crippen molar-refractivity contribution >= 4 is 6.09 Å². The monoisotopic (exact) mass is 188 g/mol. The molecule has 13 heavy (non-hydrogen) atoms. The van der Waals surface area contributed by atoms with E-state index in [2.05, 4.69) is 5.32 Å².